The van der Waals surface area contributed by atoms with Gasteiger partial charge in [-0.3, -0.25) is 0 Å². The molecule has 0 bridgehead atoms. The van der Waals surface area contributed by atoms with E-state index < -0.39 is 11.9 Å². The van der Waals surface area contributed by atoms with Gasteiger partial charge in [-0.25, -0.2) is 9.59 Å². The highest BCUT2D eigenvalue weighted by atomic mass is 35.5. The molecule has 1 atom stereocenters. The second kappa shape index (κ2) is 15.0. The molecule has 0 heterocycles. The molecule has 152 valence electrons. The summed E-state index contributed by atoms with van der Waals surface area (Å²) in [6, 6.07) is 6.18. The van der Waals surface area contributed by atoms with Crippen LogP contribution in [0.15, 0.2) is 30.9 Å². The summed E-state index contributed by atoms with van der Waals surface area (Å²) in [5, 5.41) is 18.9. The molecule has 27 heavy (non-hydrogen) atoms. The van der Waals surface area contributed by atoms with Crippen LogP contribution in [0.5, 0.6) is 5.75 Å². The van der Waals surface area contributed by atoms with E-state index in [1.54, 1.807) is 0 Å². The quantitative estimate of drug-likeness (QED) is 0.297. The third-order valence-electron chi connectivity index (χ3n) is 3.41. The minimum atomic E-state index is -1.82. The maximum absolute atomic E-state index is 9.10. The van der Waals surface area contributed by atoms with E-state index in [1.807, 2.05) is 24.3 Å². The van der Waals surface area contributed by atoms with Crippen molar-refractivity contribution in [3.8, 4) is 5.75 Å². The second-order valence-corrected chi connectivity index (χ2v) is 6.02. The Bertz CT molecular complexity index is 582. The number of benzene rings is 1. The fourth-order valence-electron chi connectivity index (χ4n) is 1.84. The zero-order valence-corrected chi connectivity index (χ0v) is 16.5. The van der Waals surface area contributed by atoms with Gasteiger partial charge in [0.05, 0.1) is 13.2 Å². The highest BCUT2D eigenvalue weighted by Crippen LogP contribution is 2.23. The molecule has 0 saturated carbocycles. The van der Waals surface area contributed by atoms with Crippen molar-refractivity contribution in [2.24, 2.45) is 0 Å². The van der Waals surface area contributed by atoms with Crippen LogP contribution in [0.1, 0.15) is 25.8 Å². The number of halogens is 1. The Morgan fingerprint density at radius 3 is 2.48 bits per heavy atom. The number of carbonyl (C=O) groups is 2. The van der Waals surface area contributed by atoms with Gasteiger partial charge in [-0.1, -0.05) is 24.6 Å². The lowest BCUT2D eigenvalue weighted by molar-refractivity contribution is -0.159. The van der Waals surface area contributed by atoms with Crippen molar-refractivity contribution >= 4 is 23.5 Å². The lowest BCUT2D eigenvalue weighted by Crippen LogP contribution is -2.29. The molecular weight excluding hydrogens is 374 g/mol. The SMILES string of the molecule is C=CCc1cc(Cl)ccc1OCCOCCNC(C)CC.O=C(O)C(=O)O. The molecule has 0 fully saturated rings. The molecule has 3 N–H and O–H groups in total. The number of hydrogen-bond acceptors (Lipinski definition) is 5. The van der Waals surface area contributed by atoms with E-state index in [9.17, 15) is 0 Å². The Morgan fingerprint density at radius 1 is 1.26 bits per heavy atom. The topological polar surface area (TPSA) is 105 Å². The molecule has 1 aromatic rings. The summed E-state index contributed by atoms with van der Waals surface area (Å²) in [6.07, 6.45) is 3.72. The summed E-state index contributed by atoms with van der Waals surface area (Å²) in [5.74, 6) is -2.80. The van der Waals surface area contributed by atoms with Gasteiger partial charge in [0.25, 0.3) is 0 Å². The maximum Gasteiger partial charge on any atom is 0.414 e. The number of nitrogens with one attached hydrogen (secondary N) is 1. The normalized spacial score (nSPS) is 11.1. The largest absolute Gasteiger partial charge is 0.491 e. The van der Waals surface area contributed by atoms with Crippen LogP contribution in [0.25, 0.3) is 0 Å². The third-order valence-corrected chi connectivity index (χ3v) is 3.64. The molecule has 1 unspecified atom stereocenters. The van der Waals surface area contributed by atoms with Crippen LogP contribution in [0.3, 0.4) is 0 Å². The first-order chi connectivity index (χ1) is 12.8. The van der Waals surface area contributed by atoms with Crippen LogP contribution in [0.4, 0.5) is 0 Å². The van der Waals surface area contributed by atoms with Gasteiger partial charge in [0.1, 0.15) is 12.4 Å². The Hall–Kier alpha value is -2.09. The van der Waals surface area contributed by atoms with Gasteiger partial charge in [-0.15, -0.1) is 6.58 Å². The van der Waals surface area contributed by atoms with E-state index in [4.69, 9.17) is 40.9 Å². The van der Waals surface area contributed by atoms with Crippen molar-refractivity contribution in [2.45, 2.75) is 32.7 Å². The molecule has 0 spiro atoms. The van der Waals surface area contributed by atoms with Crippen LogP contribution in [-0.4, -0.2) is 54.6 Å². The zero-order chi connectivity index (χ0) is 20.7. The number of hydrogen-bond donors (Lipinski definition) is 3. The molecule has 0 aliphatic carbocycles. The summed E-state index contributed by atoms with van der Waals surface area (Å²) in [4.78, 5) is 18.2. The number of carboxylic acids is 2. The Morgan fingerprint density at radius 2 is 1.93 bits per heavy atom. The number of ether oxygens (including phenoxy) is 2. The Balaban J connectivity index is 0.000000972. The van der Waals surface area contributed by atoms with Gasteiger partial charge in [0.2, 0.25) is 0 Å². The smallest absolute Gasteiger partial charge is 0.414 e. The van der Waals surface area contributed by atoms with Gasteiger partial charge in [-0.2, -0.15) is 0 Å². The molecule has 7 nitrogen and oxygen atoms in total. The van der Waals surface area contributed by atoms with Crippen molar-refractivity contribution in [3.05, 3.63) is 41.4 Å². The van der Waals surface area contributed by atoms with Crippen LogP contribution < -0.4 is 10.1 Å². The average Bonchev–Trinajstić information content (AvgIpc) is 2.62. The first-order valence-corrected chi connectivity index (χ1v) is 8.99. The number of carboxylic acid groups (broad SMARTS) is 2. The molecule has 0 aliphatic heterocycles. The zero-order valence-electron chi connectivity index (χ0n) is 15.7. The van der Waals surface area contributed by atoms with Crippen LogP contribution in [0.2, 0.25) is 5.02 Å². The monoisotopic (exact) mass is 401 g/mol. The second-order valence-electron chi connectivity index (χ2n) is 5.58. The van der Waals surface area contributed by atoms with Crippen molar-refractivity contribution in [3.63, 3.8) is 0 Å². The Labute approximate surface area is 164 Å². The first kappa shape index (κ1) is 24.9. The molecule has 1 rings (SSSR count). The number of aliphatic carboxylic acids is 2. The summed E-state index contributed by atoms with van der Waals surface area (Å²) in [6.45, 7) is 10.8. The van der Waals surface area contributed by atoms with E-state index in [1.165, 1.54) is 0 Å². The molecule has 1 aromatic carbocycles. The summed E-state index contributed by atoms with van der Waals surface area (Å²) < 4.78 is 11.3. The summed E-state index contributed by atoms with van der Waals surface area (Å²) >= 11 is 5.99. The number of rotatable bonds is 11. The molecule has 8 heteroatoms. The standard InChI is InChI=1S/C17H26ClNO2.C2H2O4/c1-4-6-15-13-16(18)7-8-17(15)21-12-11-20-10-9-19-14(3)5-2;3-1(4)2(5)6/h4,7-8,13-14,19H,1,5-6,9-12H2,2-3H3;(H,3,4)(H,5,6). The number of allylic oxidation sites excluding steroid dienone is 1. The minimum absolute atomic E-state index is 0.537. The summed E-state index contributed by atoms with van der Waals surface area (Å²) in [7, 11) is 0. The van der Waals surface area contributed by atoms with E-state index in [0.29, 0.717) is 30.9 Å². The van der Waals surface area contributed by atoms with Gasteiger partial charge >= 0.3 is 11.9 Å². The average molecular weight is 402 g/mol. The minimum Gasteiger partial charge on any atom is -0.491 e. The van der Waals surface area contributed by atoms with Crippen molar-refractivity contribution in [2.75, 3.05) is 26.4 Å². The highest BCUT2D eigenvalue weighted by molar-refractivity contribution is 6.30. The highest BCUT2D eigenvalue weighted by Gasteiger charge is 2.04. The van der Waals surface area contributed by atoms with E-state index in [-0.39, 0.29) is 0 Å². The molecule has 0 aliphatic rings. The van der Waals surface area contributed by atoms with E-state index in [2.05, 4.69) is 25.7 Å². The van der Waals surface area contributed by atoms with Crippen LogP contribution in [-0.2, 0) is 20.7 Å². The van der Waals surface area contributed by atoms with Crippen LogP contribution >= 0.6 is 11.6 Å². The van der Waals surface area contributed by atoms with Crippen LogP contribution in [0, 0.1) is 0 Å². The van der Waals surface area contributed by atoms with Crippen molar-refractivity contribution in [1.82, 2.24) is 5.32 Å². The maximum atomic E-state index is 9.10. The molecule has 0 aromatic heterocycles. The predicted octanol–water partition coefficient (Wildman–Crippen LogP) is 3.01. The lowest BCUT2D eigenvalue weighted by atomic mass is 10.1. The van der Waals surface area contributed by atoms with Gasteiger partial charge in [0.15, 0.2) is 0 Å². The molecular formula is C19H28ClNO6. The van der Waals surface area contributed by atoms with Gasteiger partial charge < -0.3 is 25.0 Å². The molecule has 0 amide bonds. The van der Waals surface area contributed by atoms with E-state index >= 15 is 0 Å². The summed E-state index contributed by atoms with van der Waals surface area (Å²) in [5.41, 5.74) is 1.05. The Kier molecular flexibility index (Phi) is 13.9. The first-order valence-electron chi connectivity index (χ1n) is 8.61. The third kappa shape index (κ3) is 12.8. The lowest BCUT2D eigenvalue weighted by Gasteiger charge is -2.13. The molecule has 0 radical (unpaired) electrons. The fourth-order valence-corrected chi connectivity index (χ4v) is 2.03. The van der Waals surface area contributed by atoms with Crippen molar-refractivity contribution in [1.29, 1.82) is 0 Å². The molecule has 0 saturated heterocycles. The van der Waals surface area contributed by atoms with Gasteiger partial charge in [-0.05, 0) is 43.5 Å². The van der Waals surface area contributed by atoms with E-state index in [0.717, 1.165) is 30.7 Å². The predicted molar refractivity (Wildman–Crippen MR) is 105 cm³/mol. The fraction of sp³-hybridized carbons (Fsp3) is 0.474. The van der Waals surface area contributed by atoms with Crippen molar-refractivity contribution < 1.29 is 29.3 Å². The van der Waals surface area contributed by atoms with Gasteiger partial charge in [0, 0.05) is 17.6 Å².